The maximum atomic E-state index is 13.4. The predicted octanol–water partition coefficient (Wildman–Crippen LogP) is 5.07. The zero-order chi connectivity index (χ0) is 19.9. The van der Waals surface area contributed by atoms with Crippen LogP contribution in [0.1, 0.15) is 67.0 Å². The van der Waals surface area contributed by atoms with Crippen LogP contribution >= 0.6 is 0 Å². The normalized spacial score (nSPS) is 20.6. The van der Waals surface area contributed by atoms with Gasteiger partial charge in [0, 0.05) is 30.4 Å². The molecule has 1 saturated carbocycles. The van der Waals surface area contributed by atoms with Crippen LogP contribution in [0, 0.1) is 17.2 Å². The van der Waals surface area contributed by atoms with Gasteiger partial charge in [0.05, 0.1) is 22.9 Å². The van der Waals surface area contributed by atoms with Gasteiger partial charge < -0.3 is 0 Å². The Morgan fingerprint density at radius 3 is 2.54 bits per heavy atom. The Kier molecular flexibility index (Phi) is 4.90. The van der Waals surface area contributed by atoms with Crippen molar-refractivity contribution in [1.29, 1.82) is 5.26 Å². The third kappa shape index (κ3) is 3.30. The van der Waals surface area contributed by atoms with Gasteiger partial charge in [-0.3, -0.25) is 9.67 Å². The third-order valence-electron chi connectivity index (χ3n) is 6.24. The molecule has 7 heteroatoms. The van der Waals surface area contributed by atoms with Crippen molar-refractivity contribution >= 4 is 0 Å². The molecule has 0 spiro atoms. The number of nitriles is 1. The molecule has 2 aromatic heterocycles. The summed E-state index contributed by atoms with van der Waals surface area (Å²) < 4.78 is 42.0. The Labute approximate surface area is 162 Å². The van der Waals surface area contributed by atoms with Gasteiger partial charge in [0.1, 0.15) is 6.07 Å². The molecule has 0 aliphatic heterocycles. The topological polar surface area (TPSA) is 54.5 Å². The van der Waals surface area contributed by atoms with Gasteiger partial charge >= 0.3 is 6.18 Å². The smallest absolute Gasteiger partial charge is 0.268 e. The van der Waals surface area contributed by atoms with E-state index in [4.69, 9.17) is 4.98 Å². The van der Waals surface area contributed by atoms with Crippen LogP contribution in [0.3, 0.4) is 0 Å². The fraction of sp³-hybridized carbons (Fsp3) is 0.571. The average Bonchev–Trinajstić information content (AvgIpc) is 3.11. The quantitative estimate of drug-likeness (QED) is 0.722. The summed E-state index contributed by atoms with van der Waals surface area (Å²) in [5.41, 5.74) is 3.83. The second-order valence-corrected chi connectivity index (χ2v) is 7.94. The number of nitrogens with zero attached hydrogens (tertiary/aromatic N) is 4. The van der Waals surface area contributed by atoms with Crippen molar-refractivity contribution in [2.45, 2.75) is 63.5 Å². The summed E-state index contributed by atoms with van der Waals surface area (Å²) in [5.74, 6) is -1.18. The summed E-state index contributed by atoms with van der Waals surface area (Å²) in [6, 6.07) is 4.07. The Bertz CT molecular complexity index is 917. The molecule has 148 valence electrons. The minimum Gasteiger partial charge on any atom is -0.268 e. The van der Waals surface area contributed by atoms with Crippen molar-refractivity contribution in [2.75, 3.05) is 0 Å². The number of aryl methyl sites for hydroxylation is 2. The van der Waals surface area contributed by atoms with E-state index in [9.17, 15) is 18.4 Å². The van der Waals surface area contributed by atoms with Crippen molar-refractivity contribution in [3.05, 3.63) is 34.8 Å². The standard InChI is InChI=1S/C21H23F3N4/c1-28-18(9-10-26-28)19-15-11-14(21(22,23)24)7-8-17(15)27-20(16(19)12-25)13-5-3-2-4-6-13/h9-10,13-14H,2-8,11H2,1H3. The fourth-order valence-electron chi connectivity index (χ4n) is 4.74. The molecule has 0 saturated heterocycles. The summed E-state index contributed by atoms with van der Waals surface area (Å²) in [6.45, 7) is 0. The predicted molar refractivity (Wildman–Crippen MR) is 98.6 cm³/mol. The summed E-state index contributed by atoms with van der Waals surface area (Å²) in [4.78, 5) is 4.80. The largest absolute Gasteiger partial charge is 0.392 e. The van der Waals surface area contributed by atoms with Crippen molar-refractivity contribution in [3.63, 3.8) is 0 Å². The van der Waals surface area contributed by atoms with Gasteiger partial charge in [0.2, 0.25) is 0 Å². The molecule has 28 heavy (non-hydrogen) atoms. The first kappa shape index (κ1) is 19.0. The number of hydrogen-bond donors (Lipinski definition) is 0. The first-order chi connectivity index (χ1) is 13.4. The molecule has 4 nitrogen and oxygen atoms in total. The number of fused-ring (bicyclic) bond motifs is 1. The maximum absolute atomic E-state index is 13.4. The lowest BCUT2D eigenvalue weighted by Crippen LogP contribution is -2.30. The minimum atomic E-state index is -4.24. The number of halogens is 3. The third-order valence-corrected chi connectivity index (χ3v) is 6.24. The lowest BCUT2D eigenvalue weighted by molar-refractivity contribution is -0.177. The monoisotopic (exact) mass is 388 g/mol. The van der Waals surface area contributed by atoms with Crippen LogP contribution in [-0.4, -0.2) is 20.9 Å². The van der Waals surface area contributed by atoms with E-state index in [0.717, 1.165) is 37.1 Å². The van der Waals surface area contributed by atoms with Gasteiger partial charge in [-0.25, -0.2) is 0 Å². The van der Waals surface area contributed by atoms with E-state index < -0.39 is 12.1 Å². The fourth-order valence-corrected chi connectivity index (χ4v) is 4.74. The summed E-state index contributed by atoms with van der Waals surface area (Å²) >= 11 is 0. The van der Waals surface area contributed by atoms with E-state index >= 15 is 0 Å². The van der Waals surface area contributed by atoms with E-state index in [0.29, 0.717) is 28.8 Å². The van der Waals surface area contributed by atoms with E-state index in [1.807, 2.05) is 0 Å². The highest BCUT2D eigenvalue weighted by molar-refractivity contribution is 5.74. The van der Waals surface area contributed by atoms with Crippen molar-refractivity contribution < 1.29 is 13.2 Å². The SMILES string of the molecule is Cn1nccc1-c1c(C#N)c(C2CCCCC2)nc2c1CC(C(F)(F)F)CC2. The number of alkyl halides is 3. The molecular formula is C21H23F3N4. The molecule has 4 rings (SSSR count). The number of pyridine rings is 1. The highest BCUT2D eigenvalue weighted by Crippen LogP contribution is 2.44. The second-order valence-electron chi connectivity index (χ2n) is 7.94. The number of aromatic nitrogens is 3. The lowest BCUT2D eigenvalue weighted by Gasteiger charge is -2.30. The molecule has 0 radical (unpaired) electrons. The molecule has 2 aliphatic carbocycles. The maximum Gasteiger partial charge on any atom is 0.392 e. The average molecular weight is 388 g/mol. The first-order valence-corrected chi connectivity index (χ1v) is 9.91. The Morgan fingerprint density at radius 2 is 1.93 bits per heavy atom. The molecule has 1 fully saturated rings. The highest BCUT2D eigenvalue weighted by Gasteiger charge is 2.43. The summed E-state index contributed by atoms with van der Waals surface area (Å²) in [5, 5.41) is 14.2. The molecule has 0 amide bonds. The second kappa shape index (κ2) is 7.23. The molecule has 2 aromatic rings. The minimum absolute atomic E-state index is 0.0599. The molecule has 0 N–H and O–H groups in total. The van der Waals surface area contributed by atoms with Gasteiger partial charge in [-0.1, -0.05) is 19.3 Å². The van der Waals surface area contributed by atoms with Gasteiger partial charge in [-0.15, -0.1) is 0 Å². The van der Waals surface area contributed by atoms with E-state index in [1.54, 1.807) is 24.0 Å². The van der Waals surface area contributed by atoms with Crippen LogP contribution in [0.5, 0.6) is 0 Å². The van der Waals surface area contributed by atoms with E-state index in [-0.39, 0.29) is 18.8 Å². The van der Waals surface area contributed by atoms with E-state index in [1.165, 1.54) is 6.42 Å². The zero-order valence-corrected chi connectivity index (χ0v) is 15.9. The first-order valence-electron chi connectivity index (χ1n) is 9.91. The van der Waals surface area contributed by atoms with Crippen LogP contribution < -0.4 is 0 Å². The van der Waals surface area contributed by atoms with Crippen LogP contribution in [0.15, 0.2) is 12.3 Å². The molecule has 2 heterocycles. The van der Waals surface area contributed by atoms with Gasteiger partial charge in [0.15, 0.2) is 0 Å². The van der Waals surface area contributed by atoms with Crippen LogP contribution in [0.2, 0.25) is 0 Å². The number of hydrogen-bond acceptors (Lipinski definition) is 3. The summed E-state index contributed by atoms with van der Waals surface area (Å²) in [6.07, 6.45) is 2.98. The van der Waals surface area contributed by atoms with Crippen LogP contribution in [0.4, 0.5) is 13.2 Å². The molecule has 1 atom stereocenters. The Hall–Kier alpha value is -2.36. The zero-order valence-electron chi connectivity index (χ0n) is 15.9. The van der Waals surface area contributed by atoms with Crippen molar-refractivity contribution in [3.8, 4) is 17.3 Å². The lowest BCUT2D eigenvalue weighted by atomic mass is 9.78. The van der Waals surface area contributed by atoms with Crippen LogP contribution in [-0.2, 0) is 19.9 Å². The van der Waals surface area contributed by atoms with Crippen LogP contribution in [0.25, 0.3) is 11.3 Å². The van der Waals surface area contributed by atoms with Gasteiger partial charge in [-0.05, 0) is 43.7 Å². The molecule has 0 aromatic carbocycles. The van der Waals surface area contributed by atoms with Gasteiger partial charge in [0.25, 0.3) is 0 Å². The van der Waals surface area contributed by atoms with E-state index in [2.05, 4.69) is 11.2 Å². The van der Waals surface area contributed by atoms with Crippen molar-refractivity contribution in [2.24, 2.45) is 13.0 Å². The molecule has 0 bridgehead atoms. The Balaban J connectivity index is 1.92. The summed E-state index contributed by atoms with van der Waals surface area (Å²) in [7, 11) is 1.76. The Morgan fingerprint density at radius 1 is 1.18 bits per heavy atom. The highest BCUT2D eigenvalue weighted by atomic mass is 19.4. The van der Waals surface area contributed by atoms with Gasteiger partial charge in [-0.2, -0.15) is 23.5 Å². The van der Waals surface area contributed by atoms with Crippen molar-refractivity contribution in [1.82, 2.24) is 14.8 Å². The number of rotatable bonds is 2. The molecule has 1 unspecified atom stereocenters. The molecular weight excluding hydrogens is 365 g/mol. The molecule has 2 aliphatic rings.